The van der Waals surface area contributed by atoms with Gasteiger partial charge < -0.3 is 10.6 Å². The third kappa shape index (κ3) is 3.26. The number of nitrogens with zero attached hydrogens (tertiary/aromatic N) is 1. The molecule has 0 aliphatic carbocycles. The number of hydrogen-bond donors (Lipinski definition) is 1. The average Bonchev–Trinajstić information content (AvgIpc) is 3.07. The highest BCUT2D eigenvalue weighted by molar-refractivity contribution is 5.88. The quantitative estimate of drug-likeness (QED) is 0.940. The zero-order chi connectivity index (χ0) is 16.2. The summed E-state index contributed by atoms with van der Waals surface area (Å²) in [5.41, 5.74) is 7.31. The van der Waals surface area contributed by atoms with Crippen molar-refractivity contribution in [2.75, 3.05) is 13.1 Å². The molecule has 0 radical (unpaired) electrons. The summed E-state index contributed by atoms with van der Waals surface area (Å²) in [6.45, 7) is 1.01. The van der Waals surface area contributed by atoms with Gasteiger partial charge in [-0.25, -0.2) is 0 Å². The predicted molar refractivity (Wildman–Crippen MR) is 88.6 cm³/mol. The van der Waals surface area contributed by atoms with Crippen LogP contribution in [0.3, 0.4) is 0 Å². The van der Waals surface area contributed by atoms with Gasteiger partial charge in [0.25, 0.3) is 0 Å². The minimum Gasteiger partial charge on any atom is -0.369 e. The molecular weight excluding hydrogens is 288 g/mol. The van der Waals surface area contributed by atoms with Crippen LogP contribution in [0.1, 0.15) is 23.5 Å². The molecular formula is C19H20N2O2. The van der Waals surface area contributed by atoms with Gasteiger partial charge in [0.15, 0.2) is 0 Å². The Bertz CT molecular complexity index is 646. The molecule has 4 nitrogen and oxygen atoms in total. The van der Waals surface area contributed by atoms with E-state index < -0.39 is 0 Å². The number of rotatable bonds is 4. The summed E-state index contributed by atoms with van der Waals surface area (Å²) in [7, 11) is 0. The van der Waals surface area contributed by atoms with Gasteiger partial charge in [-0.2, -0.15) is 0 Å². The molecule has 0 aromatic heterocycles. The van der Waals surface area contributed by atoms with Crippen molar-refractivity contribution in [2.45, 2.75) is 12.3 Å². The summed E-state index contributed by atoms with van der Waals surface area (Å²) in [4.78, 5) is 26.2. The maximum atomic E-state index is 13.1. The third-order valence-corrected chi connectivity index (χ3v) is 4.42. The van der Waals surface area contributed by atoms with Gasteiger partial charge in [-0.3, -0.25) is 9.59 Å². The largest absolute Gasteiger partial charge is 0.369 e. The zero-order valence-electron chi connectivity index (χ0n) is 12.9. The lowest BCUT2D eigenvalue weighted by Crippen LogP contribution is -2.35. The molecule has 0 saturated carbocycles. The van der Waals surface area contributed by atoms with E-state index in [4.69, 9.17) is 5.73 Å². The summed E-state index contributed by atoms with van der Waals surface area (Å²) >= 11 is 0. The summed E-state index contributed by atoms with van der Waals surface area (Å²) in [6, 6.07) is 19.5. The fraction of sp³-hybridized carbons (Fsp3) is 0.263. The Morgan fingerprint density at radius 2 is 1.48 bits per heavy atom. The topological polar surface area (TPSA) is 63.4 Å². The fourth-order valence-corrected chi connectivity index (χ4v) is 3.14. The first-order chi connectivity index (χ1) is 11.2. The molecule has 1 fully saturated rings. The Hall–Kier alpha value is -2.62. The molecule has 2 amide bonds. The highest BCUT2D eigenvalue weighted by Crippen LogP contribution is 2.29. The molecule has 0 spiro atoms. The van der Waals surface area contributed by atoms with Gasteiger partial charge in [-0.1, -0.05) is 60.7 Å². The molecule has 4 heteroatoms. The zero-order valence-corrected chi connectivity index (χ0v) is 12.9. The molecule has 2 aromatic carbocycles. The van der Waals surface area contributed by atoms with Gasteiger partial charge in [0, 0.05) is 13.1 Å². The molecule has 1 atom stereocenters. The van der Waals surface area contributed by atoms with E-state index >= 15 is 0 Å². The van der Waals surface area contributed by atoms with Crippen molar-refractivity contribution < 1.29 is 9.59 Å². The number of amides is 2. The van der Waals surface area contributed by atoms with E-state index in [0.717, 1.165) is 11.1 Å². The van der Waals surface area contributed by atoms with Crippen LogP contribution in [-0.2, 0) is 9.59 Å². The van der Waals surface area contributed by atoms with Crippen LogP contribution in [0.25, 0.3) is 0 Å². The van der Waals surface area contributed by atoms with Crippen LogP contribution in [-0.4, -0.2) is 29.8 Å². The monoisotopic (exact) mass is 308 g/mol. The molecule has 1 unspecified atom stereocenters. The van der Waals surface area contributed by atoms with Crippen molar-refractivity contribution in [1.29, 1.82) is 0 Å². The molecule has 3 rings (SSSR count). The second kappa shape index (κ2) is 6.65. The predicted octanol–water partition coefficient (Wildman–Crippen LogP) is 2.15. The van der Waals surface area contributed by atoms with E-state index in [2.05, 4.69) is 0 Å². The van der Waals surface area contributed by atoms with Crippen LogP contribution in [0.5, 0.6) is 0 Å². The SMILES string of the molecule is NC(=O)C1CCN(C(=O)C(c2ccccc2)c2ccccc2)C1. The highest BCUT2D eigenvalue weighted by Gasteiger charge is 2.34. The van der Waals surface area contributed by atoms with E-state index in [-0.39, 0.29) is 23.7 Å². The standard InChI is InChI=1S/C19H20N2O2/c20-18(22)16-11-12-21(13-16)19(23)17(14-7-3-1-4-8-14)15-9-5-2-6-10-15/h1-10,16-17H,11-13H2,(H2,20,22). The Labute approximate surface area is 135 Å². The van der Waals surface area contributed by atoms with Crippen LogP contribution in [0.2, 0.25) is 0 Å². The second-order valence-corrected chi connectivity index (χ2v) is 5.93. The smallest absolute Gasteiger partial charge is 0.234 e. The molecule has 1 aliphatic rings. The van der Waals surface area contributed by atoms with Crippen LogP contribution >= 0.6 is 0 Å². The van der Waals surface area contributed by atoms with Gasteiger partial charge in [0.2, 0.25) is 11.8 Å². The summed E-state index contributed by atoms with van der Waals surface area (Å²) in [5.74, 6) is -0.863. The Morgan fingerprint density at radius 1 is 0.957 bits per heavy atom. The van der Waals surface area contributed by atoms with Gasteiger partial charge >= 0.3 is 0 Å². The number of primary amides is 1. The fourth-order valence-electron chi connectivity index (χ4n) is 3.14. The summed E-state index contributed by atoms with van der Waals surface area (Å²) in [6.07, 6.45) is 0.650. The van der Waals surface area contributed by atoms with Crippen LogP contribution in [0.4, 0.5) is 0 Å². The average molecular weight is 308 g/mol. The number of likely N-dealkylation sites (tertiary alicyclic amines) is 1. The molecule has 2 N–H and O–H groups in total. The number of benzene rings is 2. The minimum absolute atomic E-state index is 0.0335. The van der Waals surface area contributed by atoms with Crippen molar-refractivity contribution in [2.24, 2.45) is 11.7 Å². The normalized spacial score (nSPS) is 17.4. The number of carbonyl (C=O) groups excluding carboxylic acids is 2. The molecule has 0 bridgehead atoms. The Balaban J connectivity index is 1.90. The van der Waals surface area contributed by atoms with Gasteiger partial charge in [0.05, 0.1) is 11.8 Å². The van der Waals surface area contributed by atoms with E-state index in [9.17, 15) is 9.59 Å². The van der Waals surface area contributed by atoms with Crippen molar-refractivity contribution in [3.05, 3.63) is 71.8 Å². The van der Waals surface area contributed by atoms with Crippen molar-refractivity contribution in [3.8, 4) is 0 Å². The van der Waals surface area contributed by atoms with E-state index in [1.807, 2.05) is 60.7 Å². The third-order valence-electron chi connectivity index (χ3n) is 4.42. The van der Waals surface area contributed by atoms with Crippen molar-refractivity contribution >= 4 is 11.8 Å². The number of hydrogen-bond acceptors (Lipinski definition) is 2. The second-order valence-electron chi connectivity index (χ2n) is 5.93. The Morgan fingerprint density at radius 3 is 1.91 bits per heavy atom. The lowest BCUT2D eigenvalue weighted by atomic mass is 9.90. The summed E-state index contributed by atoms with van der Waals surface area (Å²) in [5, 5.41) is 0. The van der Waals surface area contributed by atoms with Gasteiger partial charge in [-0.05, 0) is 17.5 Å². The van der Waals surface area contributed by atoms with E-state index in [1.54, 1.807) is 4.90 Å². The molecule has 2 aromatic rings. The molecule has 1 saturated heterocycles. The number of carbonyl (C=O) groups is 2. The first-order valence-corrected chi connectivity index (χ1v) is 7.85. The maximum absolute atomic E-state index is 13.1. The first kappa shape index (κ1) is 15.3. The number of nitrogens with two attached hydrogens (primary N) is 1. The Kier molecular flexibility index (Phi) is 4.42. The lowest BCUT2D eigenvalue weighted by molar-refractivity contribution is -0.131. The van der Waals surface area contributed by atoms with Crippen molar-refractivity contribution in [3.63, 3.8) is 0 Å². The molecule has 118 valence electrons. The van der Waals surface area contributed by atoms with Crippen LogP contribution in [0.15, 0.2) is 60.7 Å². The molecule has 23 heavy (non-hydrogen) atoms. The molecule has 1 aliphatic heterocycles. The highest BCUT2D eigenvalue weighted by atomic mass is 16.2. The van der Waals surface area contributed by atoms with E-state index in [1.165, 1.54) is 0 Å². The lowest BCUT2D eigenvalue weighted by Gasteiger charge is -2.24. The minimum atomic E-state index is -0.343. The van der Waals surface area contributed by atoms with Gasteiger partial charge in [0.1, 0.15) is 0 Å². The van der Waals surface area contributed by atoms with Gasteiger partial charge in [-0.15, -0.1) is 0 Å². The van der Waals surface area contributed by atoms with E-state index in [0.29, 0.717) is 19.5 Å². The van der Waals surface area contributed by atoms with Crippen LogP contribution < -0.4 is 5.73 Å². The first-order valence-electron chi connectivity index (χ1n) is 7.85. The van der Waals surface area contributed by atoms with Crippen molar-refractivity contribution in [1.82, 2.24) is 4.90 Å². The maximum Gasteiger partial charge on any atom is 0.234 e. The summed E-state index contributed by atoms with van der Waals surface area (Å²) < 4.78 is 0. The van der Waals surface area contributed by atoms with Crippen LogP contribution in [0, 0.1) is 5.92 Å². The molecule has 1 heterocycles.